The molecule has 0 saturated heterocycles. The highest BCUT2D eigenvalue weighted by Crippen LogP contribution is 2.51. The van der Waals surface area contributed by atoms with Crippen molar-refractivity contribution in [3.63, 3.8) is 0 Å². The van der Waals surface area contributed by atoms with Gasteiger partial charge in [0, 0.05) is 5.92 Å². The first kappa shape index (κ1) is 18.6. The van der Waals surface area contributed by atoms with Gasteiger partial charge in [0.2, 0.25) is 26.2 Å². The Bertz CT molecular complexity index is 943. The number of carbonyl (C=O) groups excluding carboxylic acids is 1. The summed E-state index contributed by atoms with van der Waals surface area (Å²) in [4.78, 5) is 12.2. The Hall–Kier alpha value is -2.21. The molecular weight excluding hydrogens is 393 g/mol. The summed E-state index contributed by atoms with van der Waals surface area (Å²) in [7, 11) is -3.52. The number of aromatic nitrogens is 2. The lowest BCUT2D eigenvalue weighted by molar-refractivity contribution is -0.138. The molecule has 3 rings (SSSR count). The molecule has 2 atom stereocenters. The van der Waals surface area contributed by atoms with Crippen LogP contribution >= 0.6 is 11.3 Å². The summed E-state index contributed by atoms with van der Waals surface area (Å²) in [6.07, 6.45) is -3.24. The molecule has 26 heavy (non-hydrogen) atoms. The topological polar surface area (TPSA) is 101 Å². The van der Waals surface area contributed by atoms with E-state index in [1.165, 1.54) is 18.2 Å². The Morgan fingerprint density at radius 2 is 1.88 bits per heavy atom. The molecule has 1 fully saturated rings. The maximum absolute atomic E-state index is 13.1. The standard InChI is InChI=1S/C14H13F3N4O3S2/c1-26(23,24)21-13-20-19-12(25-13)18-11(22)9-6-8(9)7-4-2-3-5-10(7)14(15,16)17/h2-5,8-9H,6H2,1H3,(H,20,21)(H,18,19,22). The maximum atomic E-state index is 13.1. The molecule has 1 aromatic carbocycles. The Labute approximate surface area is 150 Å². The second-order valence-electron chi connectivity index (χ2n) is 5.81. The average molecular weight is 406 g/mol. The van der Waals surface area contributed by atoms with E-state index >= 15 is 0 Å². The molecular formula is C14H13F3N4O3S2. The number of halogens is 3. The van der Waals surface area contributed by atoms with Gasteiger partial charge in [0.25, 0.3) is 0 Å². The van der Waals surface area contributed by atoms with Gasteiger partial charge in [-0.1, -0.05) is 29.5 Å². The number of sulfonamides is 1. The van der Waals surface area contributed by atoms with Crippen LogP contribution in [0.2, 0.25) is 0 Å². The molecule has 0 aliphatic heterocycles. The van der Waals surface area contributed by atoms with Crippen molar-refractivity contribution in [2.45, 2.75) is 18.5 Å². The lowest BCUT2D eigenvalue weighted by atomic mass is 10.0. The first-order chi connectivity index (χ1) is 12.0. The van der Waals surface area contributed by atoms with Gasteiger partial charge in [-0.15, -0.1) is 10.2 Å². The van der Waals surface area contributed by atoms with Crippen molar-refractivity contribution >= 4 is 37.5 Å². The van der Waals surface area contributed by atoms with E-state index in [0.717, 1.165) is 23.7 Å². The van der Waals surface area contributed by atoms with Gasteiger partial charge in [-0.3, -0.25) is 9.52 Å². The first-order valence-electron chi connectivity index (χ1n) is 7.33. The number of carbonyl (C=O) groups is 1. The molecule has 1 amide bonds. The summed E-state index contributed by atoms with van der Waals surface area (Å²) in [6, 6.07) is 5.18. The minimum atomic E-state index is -4.48. The Balaban J connectivity index is 1.67. The molecule has 2 N–H and O–H groups in total. The first-order valence-corrected chi connectivity index (χ1v) is 10.0. The summed E-state index contributed by atoms with van der Waals surface area (Å²) in [5, 5.41) is 9.71. The molecule has 0 radical (unpaired) electrons. The number of alkyl halides is 3. The van der Waals surface area contributed by atoms with Crippen LogP contribution in [0.1, 0.15) is 23.5 Å². The molecule has 2 aromatic rings. The highest BCUT2D eigenvalue weighted by atomic mass is 32.2. The molecule has 1 aliphatic carbocycles. The predicted molar refractivity (Wildman–Crippen MR) is 89.3 cm³/mol. The summed E-state index contributed by atoms with van der Waals surface area (Å²) >= 11 is 0.813. The lowest BCUT2D eigenvalue weighted by Crippen LogP contribution is -2.15. The second-order valence-corrected chi connectivity index (χ2v) is 8.54. The summed E-state index contributed by atoms with van der Waals surface area (Å²) in [6.45, 7) is 0. The van der Waals surface area contributed by atoms with Crippen LogP contribution in [0.25, 0.3) is 0 Å². The van der Waals surface area contributed by atoms with Crippen molar-refractivity contribution in [3.8, 4) is 0 Å². The number of benzene rings is 1. The van der Waals surface area contributed by atoms with Gasteiger partial charge in [0.1, 0.15) is 0 Å². The van der Waals surface area contributed by atoms with Crippen molar-refractivity contribution in [3.05, 3.63) is 35.4 Å². The van der Waals surface area contributed by atoms with Gasteiger partial charge < -0.3 is 5.32 Å². The minimum absolute atomic E-state index is 0.0161. The molecule has 1 aromatic heterocycles. The minimum Gasteiger partial charge on any atom is -0.300 e. The van der Waals surface area contributed by atoms with E-state index in [2.05, 4.69) is 20.2 Å². The largest absolute Gasteiger partial charge is 0.416 e. The van der Waals surface area contributed by atoms with Crippen molar-refractivity contribution < 1.29 is 26.4 Å². The number of anilines is 2. The Kier molecular flexibility index (Phi) is 4.65. The van der Waals surface area contributed by atoms with Crippen molar-refractivity contribution in [1.82, 2.24) is 10.2 Å². The third-order valence-electron chi connectivity index (χ3n) is 3.72. The average Bonchev–Trinajstić information content (AvgIpc) is 3.21. The number of nitrogens with zero attached hydrogens (tertiary/aromatic N) is 2. The molecule has 7 nitrogen and oxygen atoms in total. The van der Waals surface area contributed by atoms with Crippen LogP contribution in [-0.2, 0) is 21.0 Å². The number of hydrogen-bond donors (Lipinski definition) is 2. The van der Waals surface area contributed by atoms with E-state index in [-0.39, 0.29) is 15.8 Å². The molecule has 0 spiro atoms. The van der Waals surface area contributed by atoms with Crippen LogP contribution in [-0.4, -0.2) is 30.8 Å². The van der Waals surface area contributed by atoms with Crippen LogP contribution in [0.5, 0.6) is 0 Å². The summed E-state index contributed by atoms with van der Waals surface area (Å²) < 4.78 is 63.6. The van der Waals surface area contributed by atoms with Crippen molar-refractivity contribution in [1.29, 1.82) is 0 Å². The van der Waals surface area contributed by atoms with E-state index in [4.69, 9.17) is 0 Å². The molecule has 1 saturated carbocycles. The smallest absolute Gasteiger partial charge is 0.300 e. The van der Waals surface area contributed by atoms with Gasteiger partial charge in [-0.25, -0.2) is 8.42 Å². The van der Waals surface area contributed by atoms with Gasteiger partial charge in [0.15, 0.2) is 0 Å². The molecule has 12 heteroatoms. The zero-order chi connectivity index (χ0) is 19.1. The van der Waals surface area contributed by atoms with E-state index in [9.17, 15) is 26.4 Å². The van der Waals surface area contributed by atoms with Gasteiger partial charge in [-0.2, -0.15) is 13.2 Å². The number of rotatable bonds is 5. The summed E-state index contributed by atoms with van der Waals surface area (Å²) in [5.41, 5.74) is -0.646. The van der Waals surface area contributed by atoms with E-state index in [1.807, 2.05) is 0 Å². The van der Waals surface area contributed by atoms with Crippen LogP contribution in [0, 0.1) is 5.92 Å². The summed E-state index contributed by atoms with van der Waals surface area (Å²) in [5.74, 6) is -1.60. The SMILES string of the molecule is CS(=O)(=O)Nc1nnc(NC(=O)C2CC2c2ccccc2C(F)(F)F)s1. The molecule has 1 heterocycles. The third-order valence-corrected chi connectivity index (χ3v) is 5.17. The fourth-order valence-corrected chi connectivity index (χ4v) is 4.06. The quantitative estimate of drug-likeness (QED) is 0.795. The fourth-order valence-electron chi connectivity index (χ4n) is 2.58. The van der Waals surface area contributed by atoms with Crippen LogP contribution in [0.15, 0.2) is 24.3 Å². The highest BCUT2D eigenvalue weighted by molar-refractivity contribution is 7.92. The Morgan fingerprint density at radius 1 is 1.23 bits per heavy atom. The van der Waals surface area contributed by atoms with Crippen LogP contribution in [0.4, 0.5) is 23.4 Å². The van der Waals surface area contributed by atoms with E-state index in [0.29, 0.717) is 6.42 Å². The predicted octanol–water partition coefficient (Wildman–Crippen LogP) is 2.67. The molecule has 1 aliphatic rings. The lowest BCUT2D eigenvalue weighted by Gasteiger charge is -2.12. The number of nitrogens with one attached hydrogen (secondary N) is 2. The highest BCUT2D eigenvalue weighted by Gasteiger charge is 2.48. The second kappa shape index (κ2) is 6.50. The molecule has 2 unspecified atom stereocenters. The van der Waals surface area contributed by atoms with Gasteiger partial charge in [0.05, 0.1) is 11.8 Å². The monoisotopic (exact) mass is 406 g/mol. The Morgan fingerprint density at radius 3 is 2.54 bits per heavy atom. The molecule has 0 bridgehead atoms. The van der Waals surface area contributed by atoms with Crippen LogP contribution in [0.3, 0.4) is 0 Å². The number of hydrogen-bond acceptors (Lipinski definition) is 6. The van der Waals surface area contributed by atoms with Gasteiger partial charge in [-0.05, 0) is 24.0 Å². The molecule has 140 valence electrons. The third kappa shape index (κ3) is 4.30. The van der Waals surface area contributed by atoms with E-state index < -0.39 is 39.5 Å². The normalized spacial score (nSPS) is 19.8. The zero-order valence-electron chi connectivity index (χ0n) is 13.2. The van der Waals surface area contributed by atoms with E-state index in [1.54, 1.807) is 0 Å². The van der Waals surface area contributed by atoms with Crippen molar-refractivity contribution in [2.24, 2.45) is 5.92 Å². The maximum Gasteiger partial charge on any atom is 0.416 e. The van der Waals surface area contributed by atoms with Crippen molar-refractivity contribution in [2.75, 3.05) is 16.3 Å². The fraction of sp³-hybridized carbons (Fsp3) is 0.357. The van der Waals surface area contributed by atoms with Crippen LogP contribution < -0.4 is 10.0 Å². The van der Waals surface area contributed by atoms with Gasteiger partial charge >= 0.3 is 6.18 Å². The zero-order valence-corrected chi connectivity index (χ0v) is 14.9. The number of amides is 1.